The van der Waals surface area contributed by atoms with Crippen molar-refractivity contribution in [1.82, 2.24) is 0 Å². The Bertz CT molecular complexity index is 1660. The average Bonchev–Trinajstić information content (AvgIpc) is 3.08. The van der Waals surface area contributed by atoms with Gasteiger partial charge in [-0.3, -0.25) is 0 Å². The summed E-state index contributed by atoms with van der Waals surface area (Å²) >= 11 is 0. The molecule has 1 aliphatic heterocycles. The molecule has 6 nitrogen and oxygen atoms in total. The Kier molecular flexibility index (Phi) is 11.7. The van der Waals surface area contributed by atoms with Crippen molar-refractivity contribution in [2.45, 2.75) is 87.4 Å². The number of para-hydroxylation sites is 1. The van der Waals surface area contributed by atoms with Gasteiger partial charge in [0.15, 0.2) is 0 Å². The van der Waals surface area contributed by atoms with Gasteiger partial charge in [0.1, 0.15) is 0 Å². The van der Waals surface area contributed by atoms with Crippen LogP contribution in [0.1, 0.15) is 77.0 Å². The number of nitrogens with zero attached hydrogens (tertiary/aromatic N) is 1. The van der Waals surface area contributed by atoms with E-state index in [2.05, 4.69) is 35.2 Å². The van der Waals surface area contributed by atoms with Gasteiger partial charge >= 0.3 is 0 Å². The first-order chi connectivity index (χ1) is 24.6. The number of rotatable bonds is 5. The summed E-state index contributed by atoms with van der Waals surface area (Å²) in [5.41, 5.74) is 11.8. The molecule has 9 fully saturated rings. The van der Waals surface area contributed by atoms with Gasteiger partial charge in [-0.25, -0.2) is 8.42 Å². The minimum atomic E-state index is -3.92. The maximum atomic E-state index is 9.08. The molecule has 12 rings (SSSR count). The van der Waals surface area contributed by atoms with Crippen molar-refractivity contribution in [1.29, 1.82) is 0 Å². The van der Waals surface area contributed by atoms with Crippen molar-refractivity contribution in [3.8, 4) is 11.1 Å². The van der Waals surface area contributed by atoms with Crippen LogP contribution in [-0.4, -0.2) is 55.8 Å². The summed E-state index contributed by atoms with van der Waals surface area (Å²) in [5, 5.41) is 3.18. The van der Waals surface area contributed by atoms with Gasteiger partial charge < -0.3 is 19.9 Å². The van der Waals surface area contributed by atoms with Crippen LogP contribution in [0.3, 0.4) is 0 Å². The molecule has 8 bridgehead atoms. The van der Waals surface area contributed by atoms with Gasteiger partial charge in [-0.2, -0.15) is 5.69 Å². The molecule has 1 N–H and O–H groups in total. The van der Waals surface area contributed by atoms with E-state index in [1.54, 1.807) is 88.8 Å². The molecule has 0 spiro atoms. The monoisotopic (exact) mass is 831 g/mol. The number of hydrogen-bond donors (Lipinski definition) is 0. The molecule has 0 radical (unpaired) electrons. The second-order valence-corrected chi connectivity index (χ2v) is 21.7. The summed E-state index contributed by atoms with van der Waals surface area (Å²) in [6, 6.07) is 28.3. The molecule has 3 aromatic rings. The maximum Gasteiger partial charge on any atom is 0.0916 e. The fraction of sp³-hybridized carbons (Fsp3) is 0.581. The molecule has 0 unspecified atom stereocenters. The molecule has 9 heteroatoms. The van der Waals surface area contributed by atoms with Crippen LogP contribution < -0.4 is 10.2 Å². The largest absolute Gasteiger partial charge is 0.748 e. The van der Waals surface area contributed by atoms with Gasteiger partial charge in [0.2, 0.25) is 0 Å². The third kappa shape index (κ3) is 8.24. The average molecular weight is 832 g/mol. The fourth-order valence-electron chi connectivity index (χ4n) is 12.7. The van der Waals surface area contributed by atoms with E-state index in [0.29, 0.717) is 22.3 Å². The third-order valence-electron chi connectivity index (χ3n) is 13.4. The summed E-state index contributed by atoms with van der Waals surface area (Å²) in [6.45, 7) is 3.98. The molecule has 0 aromatic heterocycles. The first-order valence-corrected chi connectivity index (χ1v) is 22.6. The maximum absolute atomic E-state index is 9.08. The fourth-order valence-corrected chi connectivity index (χ4v) is 18.0. The number of anilines is 1. The van der Waals surface area contributed by atoms with E-state index in [0.717, 1.165) is 72.9 Å². The van der Waals surface area contributed by atoms with Crippen LogP contribution in [0.25, 0.3) is 16.9 Å². The van der Waals surface area contributed by atoms with E-state index >= 15 is 0 Å². The van der Waals surface area contributed by atoms with Crippen LogP contribution in [0, 0.1) is 41.6 Å². The predicted molar refractivity (Wildman–Crippen MR) is 208 cm³/mol. The van der Waals surface area contributed by atoms with Crippen molar-refractivity contribution < 1.29 is 38.1 Å². The Hall–Kier alpha value is -1.78. The normalized spacial score (nSPS) is 34.3. The number of benzene rings is 3. The minimum absolute atomic E-state index is 0. The second-order valence-electron chi connectivity index (χ2n) is 17.2. The first-order valence-electron chi connectivity index (χ1n) is 19.5. The molecule has 0 amide bonds. The first kappa shape index (κ1) is 38.5. The molecular formula is C43H54N2O4PPdS-3. The summed E-state index contributed by atoms with van der Waals surface area (Å²) in [4.78, 5) is 2.72. The molecular weight excluding hydrogens is 778 g/mol. The topological polar surface area (TPSA) is 93.5 Å². The Morgan fingerprint density at radius 2 is 1.17 bits per heavy atom. The molecule has 1 saturated heterocycles. The van der Waals surface area contributed by atoms with Gasteiger partial charge in [-0.05, 0) is 129 Å². The van der Waals surface area contributed by atoms with E-state index in [1.165, 1.54) is 0 Å². The van der Waals surface area contributed by atoms with Crippen molar-refractivity contribution in [2.24, 2.45) is 35.5 Å². The zero-order chi connectivity index (χ0) is 35.2. The number of nitrogens with one attached hydrogen (secondary N) is 1. The van der Waals surface area contributed by atoms with E-state index in [9.17, 15) is 0 Å². The molecule has 3 aromatic carbocycles. The standard InChI is InChI=1S/C30H42NOP.C12H9N.CH4O3S.Pd/c1-2-4-28(27(3-1)31-5-7-32-8-6-31)33(29-15-21-9-22(16-29)11-23(10-21)17-29)30-18-24-12-25(19-30)14-26(13-24)20-30;13-12-9-5-4-8-11(12)10-6-2-1-3-7-10;1-5(2,3)4;/h1-4,21-26H,5-20H2;1-6,8-9,13H;1H3,(H,2,3,4);/q;-2;;/p-1. The SMILES string of the molecule is CS(=O)(=O)[O-].[NH-]c1ccccc1-c1[c-]cccc1.[Pd].c1ccc(P(C23CC4CC(CC(C4)C2)C3)C23CC4CC(CC(C4)C2)C3)c(N2CCOCC2)c1. The van der Waals surface area contributed by atoms with Crippen molar-refractivity contribution in [3.05, 3.63) is 84.6 Å². The Morgan fingerprint density at radius 3 is 1.63 bits per heavy atom. The molecule has 52 heavy (non-hydrogen) atoms. The predicted octanol–water partition coefficient (Wildman–Crippen LogP) is 9.56. The quantitative estimate of drug-likeness (QED) is 0.111. The van der Waals surface area contributed by atoms with Crippen LogP contribution in [-0.2, 0) is 35.3 Å². The van der Waals surface area contributed by atoms with Crippen LogP contribution >= 0.6 is 7.92 Å². The van der Waals surface area contributed by atoms with Crippen LogP contribution in [0.15, 0.2) is 72.8 Å². The Morgan fingerprint density at radius 1 is 0.731 bits per heavy atom. The van der Waals surface area contributed by atoms with Crippen molar-refractivity contribution in [3.63, 3.8) is 0 Å². The summed E-state index contributed by atoms with van der Waals surface area (Å²) in [5.74, 6) is 6.37. The summed E-state index contributed by atoms with van der Waals surface area (Å²) < 4.78 is 33.0. The van der Waals surface area contributed by atoms with Gasteiger partial charge in [0.05, 0.1) is 23.3 Å². The number of morpholine rings is 1. The minimum Gasteiger partial charge on any atom is -0.748 e. The van der Waals surface area contributed by atoms with Gasteiger partial charge in [0, 0.05) is 50.8 Å². The molecule has 1 heterocycles. The zero-order valence-corrected chi connectivity index (χ0v) is 33.7. The van der Waals surface area contributed by atoms with Gasteiger partial charge in [0.25, 0.3) is 0 Å². The van der Waals surface area contributed by atoms with Crippen LogP contribution in [0.4, 0.5) is 11.4 Å². The van der Waals surface area contributed by atoms with E-state index in [4.69, 9.17) is 23.4 Å². The smallest absolute Gasteiger partial charge is 0.0916 e. The summed E-state index contributed by atoms with van der Waals surface area (Å²) in [7, 11) is -4.05. The van der Waals surface area contributed by atoms with Crippen LogP contribution in [0.5, 0.6) is 0 Å². The number of ether oxygens (including phenoxy) is 1. The Balaban J connectivity index is 0.000000185. The molecule has 9 aliphatic rings. The Labute approximate surface area is 327 Å². The van der Waals surface area contributed by atoms with Crippen molar-refractivity contribution in [2.75, 3.05) is 37.5 Å². The van der Waals surface area contributed by atoms with Gasteiger partial charge in [-0.15, -0.1) is 41.5 Å². The molecule has 8 aliphatic carbocycles. The third-order valence-corrected chi connectivity index (χ3v) is 17.2. The summed E-state index contributed by atoms with van der Waals surface area (Å²) in [6.07, 6.45) is 19.6. The second kappa shape index (κ2) is 15.8. The zero-order valence-electron chi connectivity index (χ0n) is 30.5. The molecule has 284 valence electrons. The van der Waals surface area contributed by atoms with Gasteiger partial charge in [-0.1, -0.05) is 50.4 Å². The molecule has 0 atom stereocenters. The molecule has 8 saturated carbocycles. The van der Waals surface area contributed by atoms with Crippen LogP contribution in [0.2, 0.25) is 0 Å². The van der Waals surface area contributed by atoms with E-state index < -0.39 is 10.1 Å². The van der Waals surface area contributed by atoms with E-state index in [1.807, 2.05) is 47.8 Å². The van der Waals surface area contributed by atoms with E-state index in [-0.39, 0.29) is 28.3 Å². The number of hydrogen-bond acceptors (Lipinski definition) is 5. The van der Waals surface area contributed by atoms with Crippen molar-refractivity contribution >= 4 is 34.7 Å².